The Morgan fingerprint density at radius 3 is 1.97 bits per heavy atom. The van der Waals surface area contributed by atoms with Gasteiger partial charge in [0.25, 0.3) is 0 Å². The number of carbonyl (C=O) groups is 3. The van der Waals surface area contributed by atoms with E-state index < -0.39 is 40.1 Å². The molecule has 0 radical (unpaired) electrons. The number of carbonyl (C=O) groups excluding carboxylic acids is 2. The van der Waals surface area contributed by atoms with Crippen molar-refractivity contribution in [2.24, 2.45) is 0 Å². The SMILES string of the molecule is CCOC(=O)C(Cc1ccccc1)NS(=O)(=O)CCCNC(=O)C(Cc1ccccc1)NC(=O)O. The van der Waals surface area contributed by atoms with Crippen LogP contribution in [0, 0.1) is 0 Å². The molecule has 0 spiro atoms. The Bertz CT molecular complexity index is 1060. The number of amides is 2. The first-order chi connectivity index (χ1) is 16.7. The van der Waals surface area contributed by atoms with E-state index in [1.165, 1.54) is 0 Å². The fourth-order valence-electron chi connectivity index (χ4n) is 3.35. The summed E-state index contributed by atoms with van der Waals surface area (Å²) in [5.74, 6) is -1.57. The van der Waals surface area contributed by atoms with Gasteiger partial charge in [-0.05, 0) is 30.9 Å². The molecule has 4 N–H and O–H groups in total. The third-order valence-electron chi connectivity index (χ3n) is 4.96. The van der Waals surface area contributed by atoms with Crippen LogP contribution in [0.25, 0.3) is 0 Å². The van der Waals surface area contributed by atoms with Gasteiger partial charge in [0.15, 0.2) is 0 Å². The first-order valence-corrected chi connectivity index (χ1v) is 12.9. The first-order valence-electron chi connectivity index (χ1n) is 11.2. The quantitative estimate of drug-likeness (QED) is 0.224. The van der Waals surface area contributed by atoms with Gasteiger partial charge in [0.2, 0.25) is 15.9 Å². The zero-order valence-electron chi connectivity index (χ0n) is 19.5. The second kappa shape index (κ2) is 14.1. The molecule has 0 saturated heterocycles. The Morgan fingerprint density at radius 1 is 0.914 bits per heavy atom. The van der Waals surface area contributed by atoms with Crippen molar-refractivity contribution in [3.8, 4) is 0 Å². The van der Waals surface area contributed by atoms with Crippen LogP contribution < -0.4 is 15.4 Å². The van der Waals surface area contributed by atoms with Crippen molar-refractivity contribution >= 4 is 28.0 Å². The molecule has 2 unspecified atom stereocenters. The number of rotatable bonds is 14. The van der Waals surface area contributed by atoms with Crippen molar-refractivity contribution in [2.45, 2.75) is 38.3 Å². The molecule has 2 aromatic carbocycles. The second-order valence-electron chi connectivity index (χ2n) is 7.77. The summed E-state index contributed by atoms with van der Waals surface area (Å²) in [6.07, 6.45) is -0.985. The summed E-state index contributed by atoms with van der Waals surface area (Å²) in [7, 11) is -3.86. The molecule has 35 heavy (non-hydrogen) atoms. The van der Waals surface area contributed by atoms with E-state index >= 15 is 0 Å². The number of hydrogen-bond acceptors (Lipinski definition) is 6. The summed E-state index contributed by atoms with van der Waals surface area (Å²) in [6, 6.07) is 15.8. The van der Waals surface area contributed by atoms with E-state index in [9.17, 15) is 22.8 Å². The zero-order chi connectivity index (χ0) is 25.7. The van der Waals surface area contributed by atoms with Gasteiger partial charge in [0, 0.05) is 13.0 Å². The van der Waals surface area contributed by atoms with Crippen LogP contribution in [0.15, 0.2) is 60.7 Å². The van der Waals surface area contributed by atoms with Gasteiger partial charge in [-0.15, -0.1) is 0 Å². The molecule has 11 heteroatoms. The highest BCUT2D eigenvalue weighted by molar-refractivity contribution is 7.89. The first kappa shape index (κ1) is 27.8. The number of hydrogen-bond donors (Lipinski definition) is 4. The van der Waals surface area contributed by atoms with Crippen LogP contribution in [0.3, 0.4) is 0 Å². The van der Waals surface area contributed by atoms with E-state index in [1.807, 2.05) is 12.1 Å². The minimum absolute atomic E-state index is 0.00902. The maximum atomic E-state index is 12.6. The third-order valence-corrected chi connectivity index (χ3v) is 6.43. The summed E-state index contributed by atoms with van der Waals surface area (Å²) in [5.41, 5.74) is 1.55. The molecular weight excluding hydrogens is 474 g/mol. The molecule has 0 aliphatic heterocycles. The minimum atomic E-state index is -3.86. The number of esters is 1. The lowest BCUT2D eigenvalue weighted by atomic mass is 10.1. The molecular formula is C24H31N3O7S. The molecule has 2 rings (SSSR count). The molecule has 2 aromatic rings. The lowest BCUT2D eigenvalue weighted by Crippen LogP contribution is -2.48. The average molecular weight is 506 g/mol. The molecule has 0 aliphatic carbocycles. The molecule has 2 atom stereocenters. The monoisotopic (exact) mass is 505 g/mol. The van der Waals surface area contributed by atoms with E-state index in [2.05, 4.69) is 15.4 Å². The normalized spacial score (nSPS) is 12.8. The van der Waals surface area contributed by atoms with Crippen molar-refractivity contribution in [3.05, 3.63) is 71.8 Å². The van der Waals surface area contributed by atoms with Crippen molar-refractivity contribution in [3.63, 3.8) is 0 Å². The van der Waals surface area contributed by atoms with Gasteiger partial charge in [-0.3, -0.25) is 9.59 Å². The van der Waals surface area contributed by atoms with Crippen LogP contribution in [0.4, 0.5) is 4.79 Å². The van der Waals surface area contributed by atoms with Crippen molar-refractivity contribution in [1.82, 2.24) is 15.4 Å². The molecule has 190 valence electrons. The Labute approximate surface area is 205 Å². The molecule has 2 amide bonds. The van der Waals surface area contributed by atoms with Crippen LogP contribution in [0.1, 0.15) is 24.5 Å². The Balaban J connectivity index is 1.90. The number of sulfonamides is 1. The average Bonchev–Trinajstić information content (AvgIpc) is 2.82. The van der Waals surface area contributed by atoms with Gasteiger partial charge < -0.3 is 20.5 Å². The fraction of sp³-hybridized carbons (Fsp3) is 0.375. The molecule has 0 aliphatic rings. The van der Waals surface area contributed by atoms with Crippen molar-refractivity contribution < 1.29 is 32.6 Å². The highest BCUT2D eigenvalue weighted by Gasteiger charge is 2.26. The summed E-state index contributed by atoms with van der Waals surface area (Å²) in [6.45, 7) is 1.76. The predicted molar refractivity (Wildman–Crippen MR) is 130 cm³/mol. The van der Waals surface area contributed by atoms with Crippen LogP contribution in [0.2, 0.25) is 0 Å². The highest BCUT2D eigenvalue weighted by Crippen LogP contribution is 2.07. The number of benzene rings is 2. The fourth-order valence-corrected chi connectivity index (χ4v) is 4.60. The lowest BCUT2D eigenvalue weighted by Gasteiger charge is -2.18. The number of nitrogens with one attached hydrogen (secondary N) is 3. The number of carboxylic acid groups (broad SMARTS) is 1. The molecule has 0 fully saturated rings. The summed E-state index contributed by atoms with van der Waals surface area (Å²) < 4.78 is 32.6. The Morgan fingerprint density at radius 2 is 1.46 bits per heavy atom. The van der Waals surface area contributed by atoms with Gasteiger partial charge in [-0.2, -0.15) is 0 Å². The second-order valence-corrected chi connectivity index (χ2v) is 9.64. The summed E-state index contributed by atoms with van der Waals surface area (Å²) in [4.78, 5) is 35.9. The largest absolute Gasteiger partial charge is 0.465 e. The van der Waals surface area contributed by atoms with Gasteiger partial charge in [-0.1, -0.05) is 60.7 Å². The minimum Gasteiger partial charge on any atom is -0.465 e. The zero-order valence-corrected chi connectivity index (χ0v) is 20.3. The van der Waals surface area contributed by atoms with Crippen LogP contribution in [0.5, 0.6) is 0 Å². The summed E-state index contributed by atoms with van der Waals surface area (Å²) in [5, 5.41) is 13.8. The van der Waals surface area contributed by atoms with Crippen LogP contribution in [-0.2, 0) is 37.2 Å². The molecule has 0 aromatic heterocycles. The standard InChI is InChI=1S/C24H31N3O7S/c1-2-34-23(29)21(17-19-12-7-4-8-13-19)27-35(32,33)15-9-14-25-22(28)20(26-24(30)31)16-18-10-5-3-6-11-18/h3-8,10-13,20-21,26-27H,2,9,14-17H2,1H3,(H,25,28)(H,30,31). The van der Waals surface area contributed by atoms with Gasteiger partial charge >= 0.3 is 12.1 Å². The van der Waals surface area contributed by atoms with Crippen LogP contribution >= 0.6 is 0 Å². The van der Waals surface area contributed by atoms with Gasteiger partial charge in [-0.25, -0.2) is 17.9 Å². The predicted octanol–water partition coefficient (Wildman–Crippen LogP) is 1.47. The lowest BCUT2D eigenvalue weighted by molar-refractivity contribution is -0.145. The molecule has 0 saturated carbocycles. The van der Waals surface area contributed by atoms with Crippen molar-refractivity contribution in [2.75, 3.05) is 18.9 Å². The maximum absolute atomic E-state index is 12.6. The molecule has 0 bridgehead atoms. The Kier molecular flexibility index (Phi) is 11.2. The third kappa shape index (κ3) is 10.6. The van der Waals surface area contributed by atoms with E-state index in [0.717, 1.165) is 11.1 Å². The van der Waals surface area contributed by atoms with Crippen molar-refractivity contribution in [1.29, 1.82) is 0 Å². The molecule has 10 nitrogen and oxygen atoms in total. The summed E-state index contributed by atoms with van der Waals surface area (Å²) >= 11 is 0. The van der Waals surface area contributed by atoms with E-state index in [-0.39, 0.29) is 38.2 Å². The number of ether oxygens (including phenoxy) is 1. The van der Waals surface area contributed by atoms with E-state index in [1.54, 1.807) is 55.5 Å². The Hall–Kier alpha value is -3.44. The van der Waals surface area contributed by atoms with Gasteiger partial charge in [0.1, 0.15) is 12.1 Å². The van der Waals surface area contributed by atoms with E-state index in [4.69, 9.17) is 9.84 Å². The van der Waals surface area contributed by atoms with Crippen LogP contribution in [-0.4, -0.2) is 62.5 Å². The smallest absolute Gasteiger partial charge is 0.405 e. The highest BCUT2D eigenvalue weighted by atomic mass is 32.2. The molecule has 0 heterocycles. The van der Waals surface area contributed by atoms with Gasteiger partial charge in [0.05, 0.1) is 12.4 Å². The van der Waals surface area contributed by atoms with E-state index in [0.29, 0.717) is 0 Å². The maximum Gasteiger partial charge on any atom is 0.405 e. The topological polar surface area (TPSA) is 151 Å².